The maximum absolute atomic E-state index is 12.3. The Labute approximate surface area is 309 Å². The molecule has 3 aromatic heterocycles. The smallest absolute Gasteiger partial charge is 0.407 e. The molecule has 4 aromatic rings. The fraction of sp³-hybridized carbons (Fsp3) is 0.538. The van der Waals surface area contributed by atoms with Gasteiger partial charge in [-0.25, -0.2) is 14.8 Å². The van der Waals surface area contributed by atoms with Gasteiger partial charge >= 0.3 is 6.09 Å². The van der Waals surface area contributed by atoms with Gasteiger partial charge in [0.25, 0.3) is 0 Å². The van der Waals surface area contributed by atoms with Crippen LogP contribution in [0.15, 0.2) is 55.0 Å². The average Bonchev–Trinajstić information content (AvgIpc) is 3.47. The number of benzene rings is 1. The Hall–Kier alpha value is -4.04. The standard InChI is InChI=1S/C39H56N8O4Si/c1-39(2,3)51-38(48)44-32-8-7-15-45(26-32)25-29-13-14-40-33(22-29)24-41-31-11-9-30(10-12-31)35-23-34-36(46-16-18-49-19-17-46)42-27-43-37(34)47(35)28-50-20-21-52(4,5)6/h9-14,22-23,27,32,41H,7-8,15-21,24-26,28H2,1-6H3,(H,44,48)/t32-/m1/s1. The minimum Gasteiger partial charge on any atom is -0.444 e. The topological polar surface area (TPSA) is 119 Å². The second kappa shape index (κ2) is 16.7. The number of nitrogens with zero attached hydrogens (tertiary/aromatic N) is 6. The minimum atomic E-state index is -1.22. The van der Waals surface area contributed by atoms with E-state index in [9.17, 15) is 4.79 Å². The Morgan fingerprint density at radius 2 is 1.81 bits per heavy atom. The fourth-order valence-electron chi connectivity index (χ4n) is 6.71. The molecular weight excluding hydrogens is 673 g/mol. The number of nitrogens with one attached hydrogen (secondary N) is 2. The van der Waals surface area contributed by atoms with Gasteiger partial charge in [-0.3, -0.25) is 9.88 Å². The number of aromatic nitrogens is 4. The summed E-state index contributed by atoms with van der Waals surface area (Å²) in [4.78, 5) is 31.1. The Bertz CT molecular complexity index is 1780. The lowest BCUT2D eigenvalue weighted by molar-refractivity contribution is 0.0470. The molecule has 0 bridgehead atoms. The predicted octanol–water partition coefficient (Wildman–Crippen LogP) is 6.74. The van der Waals surface area contributed by atoms with Gasteiger partial charge in [0.15, 0.2) is 0 Å². The SMILES string of the molecule is CC(C)(C)OC(=O)N[C@@H]1CCCN(Cc2ccnc(CNc3ccc(-c4cc5c(N6CCOCC6)ncnc5n4COCC[Si](C)(C)C)cc3)c2)C1. The molecule has 0 unspecified atom stereocenters. The molecule has 2 fully saturated rings. The Morgan fingerprint density at radius 1 is 1.02 bits per heavy atom. The molecule has 2 N–H and O–H groups in total. The Kier molecular flexibility index (Phi) is 12.1. The molecule has 13 heteroatoms. The number of hydrogen-bond acceptors (Lipinski definition) is 10. The van der Waals surface area contributed by atoms with Crippen LogP contribution in [0.1, 0.15) is 44.9 Å². The van der Waals surface area contributed by atoms with Crippen LogP contribution in [0.5, 0.6) is 0 Å². The summed E-state index contributed by atoms with van der Waals surface area (Å²) < 4.78 is 19.5. The monoisotopic (exact) mass is 728 g/mol. The number of carbonyl (C=O) groups excluding carboxylic acids is 1. The van der Waals surface area contributed by atoms with Gasteiger partial charge < -0.3 is 34.3 Å². The van der Waals surface area contributed by atoms with Gasteiger partial charge in [0.1, 0.15) is 30.1 Å². The van der Waals surface area contributed by atoms with Crippen LogP contribution in [0.3, 0.4) is 0 Å². The van der Waals surface area contributed by atoms with E-state index in [4.69, 9.17) is 24.2 Å². The lowest BCUT2D eigenvalue weighted by Crippen LogP contribution is -2.48. The number of morpholine rings is 1. The van der Waals surface area contributed by atoms with Crippen LogP contribution in [0, 0.1) is 0 Å². The molecule has 280 valence electrons. The zero-order valence-corrected chi connectivity index (χ0v) is 32.8. The van der Waals surface area contributed by atoms with Crippen LogP contribution in [0.2, 0.25) is 25.7 Å². The van der Waals surface area contributed by atoms with Crippen molar-refractivity contribution in [3.63, 3.8) is 0 Å². The Balaban J connectivity index is 1.11. The predicted molar refractivity (Wildman–Crippen MR) is 209 cm³/mol. The first-order valence-electron chi connectivity index (χ1n) is 18.6. The first kappa shape index (κ1) is 37.7. The van der Waals surface area contributed by atoms with Gasteiger partial charge in [-0.1, -0.05) is 31.8 Å². The van der Waals surface area contributed by atoms with Crippen molar-refractivity contribution in [2.75, 3.05) is 56.2 Å². The molecule has 5 heterocycles. The van der Waals surface area contributed by atoms with Crippen LogP contribution in [-0.4, -0.2) is 96.2 Å². The van der Waals surface area contributed by atoms with Gasteiger partial charge in [0, 0.05) is 58.8 Å². The lowest BCUT2D eigenvalue weighted by atomic mass is 10.0. The first-order valence-corrected chi connectivity index (χ1v) is 22.4. The summed E-state index contributed by atoms with van der Waals surface area (Å²) in [6.07, 6.45) is 5.19. The number of anilines is 2. The van der Waals surface area contributed by atoms with Gasteiger partial charge in [-0.2, -0.15) is 0 Å². The van der Waals surface area contributed by atoms with Crippen molar-refractivity contribution in [1.29, 1.82) is 0 Å². The highest BCUT2D eigenvalue weighted by Crippen LogP contribution is 2.33. The van der Waals surface area contributed by atoms with E-state index in [1.54, 1.807) is 6.33 Å². The fourth-order valence-corrected chi connectivity index (χ4v) is 7.46. The van der Waals surface area contributed by atoms with Crippen molar-refractivity contribution in [3.05, 3.63) is 66.2 Å². The van der Waals surface area contributed by atoms with E-state index >= 15 is 0 Å². The maximum Gasteiger partial charge on any atom is 0.407 e. The van der Waals surface area contributed by atoms with Gasteiger partial charge in [-0.05, 0) is 87.7 Å². The van der Waals surface area contributed by atoms with Crippen LogP contribution in [0.4, 0.5) is 16.3 Å². The van der Waals surface area contributed by atoms with Crippen LogP contribution in [-0.2, 0) is 34.0 Å². The molecule has 1 atom stereocenters. The number of amides is 1. The van der Waals surface area contributed by atoms with E-state index in [0.717, 1.165) is 97.7 Å². The van der Waals surface area contributed by atoms with Gasteiger partial charge in [-0.15, -0.1) is 0 Å². The number of alkyl carbamates (subject to hydrolysis) is 1. The Morgan fingerprint density at radius 3 is 2.56 bits per heavy atom. The van der Waals surface area contributed by atoms with E-state index < -0.39 is 13.7 Å². The first-order chi connectivity index (χ1) is 24.9. The van der Waals surface area contributed by atoms with Crippen LogP contribution >= 0.6 is 0 Å². The number of ether oxygens (including phenoxy) is 3. The van der Waals surface area contributed by atoms with Crippen molar-refractivity contribution in [2.45, 2.75) is 90.8 Å². The van der Waals surface area contributed by atoms with E-state index in [1.807, 2.05) is 27.0 Å². The minimum absolute atomic E-state index is 0.0815. The molecule has 0 aliphatic carbocycles. The number of hydrogen-bond donors (Lipinski definition) is 2. The third kappa shape index (κ3) is 10.5. The molecule has 2 aliphatic rings. The van der Waals surface area contributed by atoms with Crippen LogP contribution in [0.25, 0.3) is 22.3 Å². The second-order valence-corrected chi connectivity index (χ2v) is 21.8. The molecule has 6 rings (SSSR count). The number of fused-ring (bicyclic) bond motifs is 1. The molecule has 52 heavy (non-hydrogen) atoms. The van der Waals surface area contributed by atoms with E-state index in [-0.39, 0.29) is 12.1 Å². The van der Waals surface area contributed by atoms with Crippen molar-refractivity contribution in [3.8, 4) is 11.3 Å². The highest BCUT2D eigenvalue weighted by atomic mass is 28.3. The number of pyridine rings is 1. The third-order valence-electron chi connectivity index (χ3n) is 9.36. The zero-order valence-electron chi connectivity index (χ0n) is 31.8. The molecule has 12 nitrogen and oxygen atoms in total. The number of rotatable bonds is 13. The summed E-state index contributed by atoms with van der Waals surface area (Å²) in [6.45, 7) is 20.2. The normalized spacial score (nSPS) is 17.3. The summed E-state index contributed by atoms with van der Waals surface area (Å²) >= 11 is 0. The summed E-state index contributed by atoms with van der Waals surface area (Å²) in [5, 5.41) is 7.64. The maximum atomic E-state index is 12.3. The summed E-state index contributed by atoms with van der Waals surface area (Å²) in [6, 6.07) is 16.2. The molecular formula is C39H56N8O4Si. The van der Waals surface area contributed by atoms with E-state index in [1.165, 1.54) is 5.56 Å². The number of piperidine rings is 1. The quantitative estimate of drug-likeness (QED) is 0.113. The molecule has 1 amide bonds. The van der Waals surface area contributed by atoms with Crippen molar-refractivity contribution >= 4 is 36.7 Å². The number of likely N-dealkylation sites (tertiary alicyclic amines) is 1. The molecule has 2 saturated heterocycles. The van der Waals surface area contributed by atoms with Gasteiger partial charge in [0.2, 0.25) is 0 Å². The highest BCUT2D eigenvalue weighted by molar-refractivity contribution is 6.76. The molecule has 0 radical (unpaired) electrons. The zero-order chi connectivity index (χ0) is 36.7. The van der Waals surface area contributed by atoms with Gasteiger partial charge in [0.05, 0.1) is 36.5 Å². The number of carbonyl (C=O) groups is 1. The summed E-state index contributed by atoms with van der Waals surface area (Å²) in [5.41, 5.74) is 5.73. The largest absolute Gasteiger partial charge is 0.444 e. The highest BCUT2D eigenvalue weighted by Gasteiger charge is 2.25. The molecule has 0 spiro atoms. The molecule has 0 saturated carbocycles. The van der Waals surface area contributed by atoms with Crippen molar-refractivity contribution in [1.82, 2.24) is 29.7 Å². The van der Waals surface area contributed by atoms with Crippen molar-refractivity contribution < 1.29 is 19.0 Å². The van der Waals surface area contributed by atoms with E-state index in [2.05, 4.69) is 92.1 Å². The lowest BCUT2D eigenvalue weighted by Gasteiger charge is -2.33. The summed E-state index contributed by atoms with van der Waals surface area (Å²) in [5.74, 6) is 0.945. The van der Waals surface area contributed by atoms with E-state index in [0.29, 0.717) is 26.5 Å². The molecule has 1 aromatic carbocycles. The third-order valence-corrected chi connectivity index (χ3v) is 11.1. The molecule has 2 aliphatic heterocycles. The average molecular weight is 729 g/mol. The summed E-state index contributed by atoms with van der Waals surface area (Å²) in [7, 11) is -1.22. The van der Waals surface area contributed by atoms with Crippen molar-refractivity contribution in [2.24, 2.45) is 0 Å². The second-order valence-electron chi connectivity index (χ2n) is 16.1. The van der Waals surface area contributed by atoms with Crippen LogP contribution < -0.4 is 15.5 Å².